The summed E-state index contributed by atoms with van der Waals surface area (Å²) in [5.41, 5.74) is 7.19. The van der Waals surface area contributed by atoms with E-state index in [1.807, 2.05) is 25.2 Å². The quantitative estimate of drug-likeness (QED) is 0.890. The summed E-state index contributed by atoms with van der Waals surface area (Å²) in [6, 6.07) is 5.69. The van der Waals surface area contributed by atoms with Crippen molar-refractivity contribution >= 4 is 42.1 Å². The number of amides is 1. The van der Waals surface area contributed by atoms with Crippen LogP contribution in [0.1, 0.15) is 12.8 Å². The third-order valence-corrected chi connectivity index (χ3v) is 2.95. The molecule has 0 bridgehead atoms. The largest absolute Gasteiger partial charge is 0.490 e. The Bertz CT molecular complexity index is 444. The molecule has 7 heteroatoms. The van der Waals surface area contributed by atoms with Crippen LogP contribution in [0, 0.1) is 0 Å². The van der Waals surface area contributed by atoms with Gasteiger partial charge in [-0.05, 0) is 31.2 Å². The van der Waals surface area contributed by atoms with Gasteiger partial charge < -0.3 is 20.7 Å². The molecule has 0 spiro atoms. The molecule has 114 valence electrons. The molecule has 0 saturated carbocycles. The van der Waals surface area contributed by atoms with Gasteiger partial charge in [-0.25, -0.2) is 0 Å². The molecular weight excluding hydrogens is 301 g/mol. The number of rotatable bonds is 4. The first-order valence-electron chi connectivity index (χ1n) is 6.18. The number of carbonyl (C=O) groups excluding carboxylic acids is 1. The third-order valence-electron chi connectivity index (χ3n) is 2.95. The molecule has 0 saturated heterocycles. The lowest BCUT2D eigenvalue weighted by atomic mass is 10.2. The number of anilines is 2. The fourth-order valence-corrected chi connectivity index (χ4v) is 1.91. The van der Waals surface area contributed by atoms with Gasteiger partial charge in [-0.15, -0.1) is 24.8 Å². The van der Waals surface area contributed by atoms with Crippen molar-refractivity contribution in [3.8, 4) is 5.75 Å². The number of nitrogens with zero attached hydrogens (tertiary/aromatic N) is 1. The van der Waals surface area contributed by atoms with Crippen LogP contribution >= 0.6 is 24.8 Å². The molecule has 0 fully saturated rings. The Morgan fingerprint density at radius 3 is 2.90 bits per heavy atom. The van der Waals surface area contributed by atoms with E-state index in [9.17, 15) is 4.79 Å². The van der Waals surface area contributed by atoms with Crippen molar-refractivity contribution in [1.29, 1.82) is 0 Å². The van der Waals surface area contributed by atoms with Gasteiger partial charge >= 0.3 is 0 Å². The number of nitrogens with one attached hydrogen (secondary N) is 1. The lowest BCUT2D eigenvalue weighted by Crippen LogP contribution is -2.28. The summed E-state index contributed by atoms with van der Waals surface area (Å²) >= 11 is 0. The van der Waals surface area contributed by atoms with Gasteiger partial charge in [0.15, 0.2) is 0 Å². The fraction of sp³-hybridized carbons (Fsp3) is 0.462. The number of nitrogens with two attached hydrogens (primary N) is 1. The molecule has 1 aliphatic heterocycles. The van der Waals surface area contributed by atoms with Crippen LogP contribution in [0.2, 0.25) is 0 Å². The normalized spacial score (nSPS) is 12.4. The molecule has 0 radical (unpaired) electrons. The summed E-state index contributed by atoms with van der Waals surface area (Å²) in [5, 5.41) is 2.87. The van der Waals surface area contributed by atoms with Crippen LogP contribution in [0.5, 0.6) is 5.75 Å². The second-order valence-corrected chi connectivity index (χ2v) is 4.39. The summed E-state index contributed by atoms with van der Waals surface area (Å²) < 4.78 is 5.55. The zero-order chi connectivity index (χ0) is 13.0. The van der Waals surface area contributed by atoms with E-state index < -0.39 is 0 Å². The van der Waals surface area contributed by atoms with Crippen molar-refractivity contribution in [2.45, 2.75) is 12.8 Å². The molecule has 0 aromatic heterocycles. The van der Waals surface area contributed by atoms with Gasteiger partial charge in [0.05, 0.1) is 12.2 Å². The Morgan fingerprint density at radius 2 is 2.20 bits per heavy atom. The van der Waals surface area contributed by atoms with E-state index in [1.54, 1.807) is 0 Å². The van der Waals surface area contributed by atoms with E-state index in [0.717, 1.165) is 23.7 Å². The van der Waals surface area contributed by atoms with Crippen LogP contribution < -0.4 is 20.7 Å². The van der Waals surface area contributed by atoms with E-state index in [1.165, 1.54) is 0 Å². The zero-order valence-corrected chi connectivity index (χ0v) is 13.1. The lowest BCUT2D eigenvalue weighted by Gasteiger charge is -2.28. The maximum Gasteiger partial charge on any atom is 0.224 e. The van der Waals surface area contributed by atoms with Gasteiger partial charge in [-0.2, -0.15) is 0 Å². The molecular formula is C13H21Cl2N3O2. The third kappa shape index (κ3) is 4.74. The first-order valence-corrected chi connectivity index (χ1v) is 6.18. The summed E-state index contributed by atoms with van der Waals surface area (Å²) in [7, 11) is 2.02. The summed E-state index contributed by atoms with van der Waals surface area (Å²) in [6.45, 7) is 2.09. The van der Waals surface area contributed by atoms with E-state index in [2.05, 4.69) is 10.2 Å². The number of hydrogen-bond acceptors (Lipinski definition) is 4. The molecule has 20 heavy (non-hydrogen) atoms. The molecule has 1 aromatic carbocycles. The Labute approximate surface area is 131 Å². The Morgan fingerprint density at radius 1 is 1.45 bits per heavy atom. The number of benzene rings is 1. The molecule has 0 atom stereocenters. The number of likely N-dealkylation sites (N-methyl/N-ethyl adjacent to an activating group) is 1. The predicted octanol–water partition coefficient (Wildman–Crippen LogP) is 2.04. The minimum absolute atomic E-state index is 0. The highest BCUT2D eigenvalue weighted by molar-refractivity contribution is 5.91. The van der Waals surface area contributed by atoms with Crippen LogP contribution in [0.25, 0.3) is 0 Å². The van der Waals surface area contributed by atoms with Gasteiger partial charge in [-0.3, -0.25) is 4.79 Å². The van der Waals surface area contributed by atoms with E-state index in [-0.39, 0.29) is 30.7 Å². The average molecular weight is 322 g/mol. The van der Waals surface area contributed by atoms with E-state index >= 15 is 0 Å². The van der Waals surface area contributed by atoms with E-state index in [0.29, 0.717) is 26.0 Å². The van der Waals surface area contributed by atoms with Crippen LogP contribution in [0.3, 0.4) is 0 Å². The first kappa shape index (κ1) is 18.8. The summed E-state index contributed by atoms with van der Waals surface area (Å²) in [4.78, 5) is 13.7. The Kier molecular flexibility index (Phi) is 8.37. The number of ether oxygens (including phenoxy) is 1. The van der Waals surface area contributed by atoms with Crippen molar-refractivity contribution < 1.29 is 9.53 Å². The molecule has 3 N–H and O–H groups in total. The molecule has 5 nitrogen and oxygen atoms in total. The fourth-order valence-electron chi connectivity index (χ4n) is 1.91. The number of fused-ring (bicyclic) bond motifs is 1. The van der Waals surface area contributed by atoms with E-state index in [4.69, 9.17) is 10.5 Å². The average Bonchev–Trinajstić information content (AvgIpc) is 2.37. The maximum atomic E-state index is 11.6. The zero-order valence-electron chi connectivity index (χ0n) is 11.4. The minimum Gasteiger partial charge on any atom is -0.490 e. The van der Waals surface area contributed by atoms with Crippen LogP contribution in [-0.2, 0) is 4.79 Å². The van der Waals surface area contributed by atoms with Gasteiger partial charge in [-0.1, -0.05) is 0 Å². The maximum absolute atomic E-state index is 11.6. The SMILES string of the molecule is CN1CCOc2ccc(NC(=O)CCCN)cc21.Cl.Cl. The van der Waals surface area contributed by atoms with Crippen molar-refractivity contribution in [2.24, 2.45) is 5.73 Å². The lowest BCUT2D eigenvalue weighted by molar-refractivity contribution is -0.116. The predicted molar refractivity (Wildman–Crippen MR) is 86.6 cm³/mol. The van der Waals surface area contributed by atoms with Crippen molar-refractivity contribution in [1.82, 2.24) is 0 Å². The molecule has 2 rings (SSSR count). The van der Waals surface area contributed by atoms with Crippen molar-refractivity contribution in [3.63, 3.8) is 0 Å². The van der Waals surface area contributed by atoms with Gasteiger partial charge in [0.25, 0.3) is 0 Å². The standard InChI is InChI=1S/C13H19N3O2.2ClH/c1-16-7-8-18-12-5-4-10(9-11(12)16)15-13(17)3-2-6-14;;/h4-5,9H,2-3,6-8,14H2,1H3,(H,15,17);2*1H. The molecule has 1 aliphatic rings. The molecule has 1 aromatic rings. The van der Waals surface area contributed by atoms with Gasteiger partial charge in [0, 0.05) is 19.2 Å². The number of hydrogen-bond donors (Lipinski definition) is 2. The Hall–Kier alpha value is -1.17. The highest BCUT2D eigenvalue weighted by Gasteiger charge is 2.15. The van der Waals surface area contributed by atoms with Crippen LogP contribution in [0.4, 0.5) is 11.4 Å². The number of carbonyl (C=O) groups is 1. The van der Waals surface area contributed by atoms with Crippen LogP contribution in [0.15, 0.2) is 18.2 Å². The van der Waals surface area contributed by atoms with Crippen molar-refractivity contribution in [2.75, 3.05) is 37.0 Å². The monoisotopic (exact) mass is 321 g/mol. The molecule has 0 unspecified atom stereocenters. The van der Waals surface area contributed by atoms with Crippen LogP contribution in [-0.4, -0.2) is 32.7 Å². The molecule has 1 heterocycles. The second kappa shape index (κ2) is 8.89. The first-order chi connectivity index (χ1) is 8.70. The van der Waals surface area contributed by atoms with Gasteiger partial charge in [0.1, 0.15) is 12.4 Å². The summed E-state index contributed by atoms with van der Waals surface area (Å²) in [5.74, 6) is 0.864. The highest BCUT2D eigenvalue weighted by Crippen LogP contribution is 2.33. The Balaban J connectivity index is 0.00000180. The summed E-state index contributed by atoms with van der Waals surface area (Å²) in [6.07, 6.45) is 1.17. The smallest absolute Gasteiger partial charge is 0.224 e. The minimum atomic E-state index is -0.000203. The molecule has 0 aliphatic carbocycles. The van der Waals surface area contributed by atoms with Gasteiger partial charge in [0.2, 0.25) is 5.91 Å². The second-order valence-electron chi connectivity index (χ2n) is 4.39. The number of halogens is 2. The van der Waals surface area contributed by atoms with Crippen molar-refractivity contribution in [3.05, 3.63) is 18.2 Å². The highest BCUT2D eigenvalue weighted by atomic mass is 35.5. The topological polar surface area (TPSA) is 67.6 Å². The molecule has 1 amide bonds.